The highest BCUT2D eigenvalue weighted by atomic mass is 35.5. The molecule has 1 heterocycles. The molecule has 1 saturated heterocycles. The van der Waals surface area contributed by atoms with Gasteiger partial charge < -0.3 is 15.8 Å². The molecule has 0 aromatic heterocycles. The highest BCUT2D eigenvalue weighted by molar-refractivity contribution is 5.86. The zero-order valence-corrected chi connectivity index (χ0v) is 14.3. The summed E-state index contributed by atoms with van der Waals surface area (Å²) < 4.78 is 5.24. The summed E-state index contributed by atoms with van der Waals surface area (Å²) in [6.07, 6.45) is 1.22. The van der Waals surface area contributed by atoms with Gasteiger partial charge in [0.2, 0.25) is 5.91 Å². The third-order valence-electron chi connectivity index (χ3n) is 3.66. The van der Waals surface area contributed by atoms with E-state index in [1.807, 2.05) is 0 Å². The Morgan fingerprint density at radius 1 is 1.35 bits per heavy atom. The summed E-state index contributed by atoms with van der Waals surface area (Å²) in [5.74, 6) is -0.0365. The van der Waals surface area contributed by atoms with Crippen molar-refractivity contribution in [2.75, 3.05) is 32.8 Å². The van der Waals surface area contributed by atoms with Crippen molar-refractivity contribution in [1.82, 2.24) is 10.2 Å². The highest BCUT2D eigenvalue weighted by Crippen LogP contribution is 2.17. The van der Waals surface area contributed by atoms with Crippen molar-refractivity contribution in [2.24, 2.45) is 5.73 Å². The Hall–Kier alpha value is -0.0700. The van der Waals surface area contributed by atoms with Gasteiger partial charge in [-0.05, 0) is 33.2 Å². The van der Waals surface area contributed by atoms with E-state index < -0.39 is 5.54 Å². The molecule has 0 saturated carbocycles. The third kappa shape index (κ3) is 6.59. The lowest BCUT2D eigenvalue weighted by Gasteiger charge is -2.32. The molecule has 0 aromatic rings. The first-order valence-corrected chi connectivity index (χ1v) is 6.88. The van der Waals surface area contributed by atoms with E-state index in [4.69, 9.17) is 10.5 Å². The molecule has 0 aliphatic carbocycles. The molecular weight excluding hydrogens is 301 g/mol. The minimum Gasteiger partial charge on any atom is -0.381 e. The highest BCUT2D eigenvalue weighted by Gasteiger charge is 2.35. The normalized spacial score (nSPS) is 17.3. The third-order valence-corrected chi connectivity index (χ3v) is 3.66. The van der Waals surface area contributed by atoms with Gasteiger partial charge in [-0.2, -0.15) is 0 Å². The fourth-order valence-corrected chi connectivity index (χ4v) is 2.23. The first-order valence-electron chi connectivity index (χ1n) is 6.88. The van der Waals surface area contributed by atoms with Crippen molar-refractivity contribution in [2.45, 2.75) is 45.2 Å². The first-order chi connectivity index (χ1) is 8.49. The molecular formula is C13H29Cl2N3O2. The zero-order valence-electron chi connectivity index (χ0n) is 12.7. The molecule has 0 unspecified atom stereocenters. The average molecular weight is 330 g/mol. The molecule has 5 nitrogen and oxygen atoms in total. The molecule has 1 rings (SSSR count). The largest absolute Gasteiger partial charge is 0.381 e. The van der Waals surface area contributed by atoms with Crippen molar-refractivity contribution in [3.63, 3.8) is 0 Å². The van der Waals surface area contributed by atoms with Crippen molar-refractivity contribution >= 4 is 30.7 Å². The monoisotopic (exact) mass is 329 g/mol. The second-order valence-electron chi connectivity index (χ2n) is 5.25. The van der Waals surface area contributed by atoms with E-state index in [-0.39, 0.29) is 30.7 Å². The molecule has 1 aliphatic rings. The van der Waals surface area contributed by atoms with E-state index in [1.165, 1.54) is 0 Å². The van der Waals surface area contributed by atoms with Crippen LogP contribution in [0.5, 0.6) is 0 Å². The second-order valence-corrected chi connectivity index (χ2v) is 5.25. The summed E-state index contributed by atoms with van der Waals surface area (Å²) >= 11 is 0. The van der Waals surface area contributed by atoms with Gasteiger partial charge in [0.15, 0.2) is 0 Å². The Morgan fingerprint density at radius 3 is 2.35 bits per heavy atom. The maximum absolute atomic E-state index is 12.0. The Labute approximate surface area is 134 Å². The molecule has 0 aromatic carbocycles. The standard InChI is InChI=1S/C13H27N3O2.2ClH/c1-4-16(11(2)3)8-7-15-12(17)13(14)5-9-18-10-6-13;;/h11H,4-10,14H2,1-3H3,(H,15,17);2*1H. The molecule has 0 bridgehead atoms. The van der Waals surface area contributed by atoms with Gasteiger partial charge in [0.05, 0.1) is 5.54 Å². The predicted octanol–water partition coefficient (Wildman–Crippen LogP) is 1.18. The molecule has 1 amide bonds. The molecule has 0 atom stereocenters. The number of carbonyl (C=O) groups is 1. The lowest BCUT2D eigenvalue weighted by molar-refractivity contribution is -0.129. The summed E-state index contributed by atoms with van der Waals surface area (Å²) in [6, 6.07) is 0.502. The van der Waals surface area contributed by atoms with Crippen LogP contribution in [0.1, 0.15) is 33.6 Å². The minimum absolute atomic E-state index is 0. The fraction of sp³-hybridized carbons (Fsp3) is 0.923. The van der Waals surface area contributed by atoms with Crippen LogP contribution in [0.3, 0.4) is 0 Å². The molecule has 3 N–H and O–H groups in total. The number of likely N-dealkylation sites (N-methyl/N-ethyl adjacent to an activating group) is 1. The van der Waals surface area contributed by atoms with Crippen molar-refractivity contribution in [3.8, 4) is 0 Å². The van der Waals surface area contributed by atoms with E-state index in [2.05, 4.69) is 31.0 Å². The van der Waals surface area contributed by atoms with Crippen molar-refractivity contribution < 1.29 is 9.53 Å². The molecule has 0 spiro atoms. The lowest BCUT2D eigenvalue weighted by atomic mass is 9.90. The Kier molecular flexibility index (Phi) is 11.8. The average Bonchev–Trinajstić information content (AvgIpc) is 2.34. The lowest BCUT2D eigenvalue weighted by Crippen LogP contribution is -2.57. The number of halogens is 2. The van der Waals surface area contributed by atoms with E-state index >= 15 is 0 Å². The summed E-state index contributed by atoms with van der Waals surface area (Å²) in [5.41, 5.74) is 5.38. The van der Waals surface area contributed by atoms with E-state index in [0.717, 1.165) is 13.1 Å². The van der Waals surface area contributed by atoms with Crippen LogP contribution in [-0.4, -0.2) is 55.2 Å². The van der Waals surface area contributed by atoms with Gasteiger partial charge in [-0.25, -0.2) is 0 Å². The zero-order chi connectivity index (χ0) is 13.6. The maximum Gasteiger partial charge on any atom is 0.240 e. The second kappa shape index (κ2) is 10.6. The SMILES string of the molecule is CCN(CCNC(=O)C1(N)CCOCC1)C(C)C.Cl.Cl. The molecule has 122 valence electrons. The summed E-state index contributed by atoms with van der Waals surface area (Å²) in [5, 5.41) is 2.95. The number of hydrogen-bond acceptors (Lipinski definition) is 4. The van der Waals surface area contributed by atoms with Crippen LogP contribution in [0, 0.1) is 0 Å². The van der Waals surface area contributed by atoms with Crippen molar-refractivity contribution in [3.05, 3.63) is 0 Å². The summed E-state index contributed by atoms with van der Waals surface area (Å²) in [4.78, 5) is 14.4. The van der Waals surface area contributed by atoms with Gasteiger partial charge in [-0.1, -0.05) is 6.92 Å². The predicted molar refractivity (Wildman–Crippen MR) is 86.9 cm³/mol. The molecule has 1 fully saturated rings. The number of carbonyl (C=O) groups excluding carboxylic acids is 1. The van der Waals surface area contributed by atoms with Crippen LogP contribution in [-0.2, 0) is 9.53 Å². The molecule has 7 heteroatoms. The van der Waals surface area contributed by atoms with Crippen LogP contribution < -0.4 is 11.1 Å². The molecule has 20 heavy (non-hydrogen) atoms. The van der Waals surface area contributed by atoms with Crippen LogP contribution >= 0.6 is 24.8 Å². The number of hydrogen-bond donors (Lipinski definition) is 2. The van der Waals surface area contributed by atoms with Gasteiger partial charge >= 0.3 is 0 Å². The smallest absolute Gasteiger partial charge is 0.240 e. The van der Waals surface area contributed by atoms with Crippen molar-refractivity contribution in [1.29, 1.82) is 0 Å². The summed E-state index contributed by atoms with van der Waals surface area (Å²) in [6.45, 7) is 10.1. The van der Waals surface area contributed by atoms with Gasteiger partial charge in [0.1, 0.15) is 0 Å². The van der Waals surface area contributed by atoms with Crippen LogP contribution in [0.25, 0.3) is 0 Å². The maximum atomic E-state index is 12.0. The first kappa shape index (κ1) is 22.2. The number of rotatable bonds is 6. The van der Waals surface area contributed by atoms with Gasteiger partial charge in [-0.3, -0.25) is 9.69 Å². The van der Waals surface area contributed by atoms with E-state index in [1.54, 1.807) is 0 Å². The number of nitrogens with zero attached hydrogens (tertiary/aromatic N) is 1. The van der Waals surface area contributed by atoms with E-state index in [0.29, 0.717) is 38.6 Å². The topological polar surface area (TPSA) is 67.6 Å². The summed E-state index contributed by atoms with van der Waals surface area (Å²) in [7, 11) is 0. The Bertz CT molecular complexity index is 272. The number of nitrogens with two attached hydrogens (primary N) is 1. The van der Waals surface area contributed by atoms with Gasteiger partial charge in [-0.15, -0.1) is 24.8 Å². The van der Waals surface area contributed by atoms with Gasteiger partial charge in [0.25, 0.3) is 0 Å². The number of amides is 1. The Balaban J connectivity index is 0. The molecule has 0 radical (unpaired) electrons. The molecule has 1 aliphatic heterocycles. The van der Waals surface area contributed by atoms with Crippen LogP contribution in [0.2, 0.25) is 0 Å². The minimum atomic E-state index is -0.729. The number of ether oxygens (including phenoxy) is 1. The Morgan fingerprint density at radius 2 is 1.90 bits per heavy atom. The van der Waals surface area contributed by atoms with Crippen LogP contribution in [0.4, 0.5) is 0 Å². The number of nitrogens with one attached hydrogen (secondary N) is 1. The van der Waals surface area contributed by atoms with Crippen LogP contribution in [0.15, 0.2) is 0 Å². The quantitative estimate of drug-likeness (QED) is 0.768. The van der Waals surface area contributed by atoms with Gasteiger partial charge in [0, 0.05) is 32.3 Å². The van der Waals surface area contributed by atoms with E-state index in [9.17, 15) is 4.79 Å². The fourth-order valence-electron chi connectivity index (χ4n) is 2.23.